The lowest BCUT2D eigenvalue weighted by Gasteiger charge is -2.09. The maximum Gasteiger partial charge on any atom is 0.261 e. The first kappa shape index (κ1) is 10.5. The third-order valence-electron chi connectivity index (χ3n) is 3.56. The molecule has 3 rings (SSSR count). The number of aromatic nitrogens is 2. The monoisotopic (exact) mass is 228 g/mol. The van der Waals surface area contributed by atoms with Crippen LogP contribution in [0.25, 0.3) is 5.65 Å². The lowest BCUT2D eigenvalue weighted by Crippen LogP contribution is -2.23. The van der Waals surface area contributed by atoms with Crippen LogP contribution in [-0.4, -0.2) is 9.38 Å². The van der Waals surface area contributed by atoms with Crippen molar-refractivity contribution >= 4 is 5.65 Å². The Kier molecular flexibility index (Phi) is 2.46. The van der Waals surface area contributed by atoms with Gasteiger partial charge in [-0.15, -0.1) is 0 Å². The minimum atomic E-state index is 0.144. The van der Waals surface area contributed by atoms with Crippen molar-refractivity contribution in [3.05, 3.63) is 45.5 Å². The van der Waals surface area contributed by atoms with E-state index in [4.69, 9.17) is 0 Å². The fourth-order valence-corrected chi connectivity index (χ4v) is 2.65. The van der Waals surface area contributed by atoms with Crippen molar-refractivity contribution in [3.8, 4) is 0 Å². The second-order valence-electron chi connectivity index (χ2n) is 4.76. The Morgan fingerprint density at radius 3 is 2.88 bits per heavy atom. The van der Waals surface area contributed by atoms with Gasteiger partial charge in [0.1, 0.15) is 5.65 Å². The van der Waals surface area contributed by atoms with Crippen molar-refractivity contribution in [1.29, 1.82) is 0 Å². The zero-order valence-electron chi connectivity index (χ0n) is 10.1. The Morgan fingerprint density at radius 1 is 1.18 bits per heavy atom. The quantitative estimate of drug-likeness (QED) is 0.648. The van der Waals surface area contributed by atoms with Crippen molar-refractivity contribution in [1.82, 2.24) is 9.38 Å². The van der Waals surface area contributed by atoms with Gasteiger partial charge in [0.05, 0.1) is 5.69 Å². The number of hydrogen-bond acceptors (Lipinski definition) is 2. The standard InChI is InChI=1S/C14H16N2O/c1-10-6-5-9-13-15-12-8-4-2-3-7-11(12)14(17)16(10)13/h5-6,9H,2-4,7-8H2,1H3. The van der Waals surface area contributed by atoms with Crippen LogP contribution >= 0.6 is 0 Å². The van der Waals surface area contributed by atoms with E-state index in [1.54, 1.807) is 4.40 Å². The molecule has 0 saturated heterocycles. The van der Waals surface area contributed by atoms with Crippen LogP contribution in [0.1, 0.15) is 36.2 Å². The summed E-state index contributed by atoms with van der Waals surface area (Å²) < 4.78 is 1.74. The molecule has 0 aliphatic heterocycles. The second-order valence-corrected chi connectivity index (χ2v) is 4.76. The van der Waals surface area contributed by atoms with Crippen LogP contribution in [0.3, 0.4) is 0 Å². The molecule has 0 fully saturated rings. The summed E-state index contributed by atoms with van der Waals surface area (Å²) in [7, 11) is 0. The maximum absolute atomic E-state index is 12.5. The van der Waals surface area contributed by atoms with Gasteiger partial charge in [-0.2, -0.15) is 0 Å². The summed E-state index contributed by atoms with van der Waals surface area (Å²) in [6.07, 6.45) is 5.31. The minimum absolute atomic E-state index is 0.144. The Hall–Kier alpha value is -1.64. The van der Waals surface area contributed by atoms with Gasteiger partial charge >= 0.3 is 0 Å². The van der Waals surface area contributed by atoms with Crippen LogP contribution in [0.2, 0.25) is 0 Å². The molecule has 2 aromatic heterocycles. The van der Waals surface area contributed by atoms with Gasteiger partial charge in [-0.25, -0.2) is 4.98 Å². The third-order valence-corrected chi connectivity index (χ3v) is 3.56. The van der Waals surface area contributed by atoms with Gasteiger partial charge in [0.25, 0.3) is 5.56 Å². The van der Waals surface area contributed by atoms with E-state index in [0.717, 1.165) is 48.3 Å². The van der Waals surface area contributed by atoms with Crippen LogP contribution in [0.5, 0.6) is 0 Å². The lowest BCUT2D eigenvalue weighted by atomic mass is 10.1. The fourth-order valence-electron chi connectivity index (χ4n) is 2.65. The van der Waals surface area contributed by atoms with Crippen LogP contribution in [0, 0.1) is 6.92 Å². The molecule has 1 aliphatic carbocycles. The molecular weight excluding hydrogens is 212 g/mol. The lowest BCUT2D eigenvalue weighted by molar-refractivity contribution is 0.708. The predicted molar refractivity (Wildman–Crippen MR) is 67.5 cm³/mol. The van der Waals surface area contributed by atoms with Crippen molar-refractivity contribution in [2.45, 2.75) is 39.0 Å². The van der Waals surface area contributed by atoms with Crippen LogP contribution in [0.4, 0.5) is 0 Å². The largest absolute Gasteiger partial charge is 0.269 e. The molecule has 17 heavy (non-hydrogen) atoms. The summed E-state index contributed by atoms with van der Waals surface area (Å²) in [6.45, 7) is 1.96. The molecule has 1 aliphatic rings. The molecular formula is C14H16N2O. The molecule has 0 aromatic carbocycles. The van der Waals surface area contributed by atoms with Crippen LogP contribution in [-0.2, 0) is 12.8 Å². The first-order valence-electron chi connectivity index (χ1n) is 6.27. The van der Waals surface area contributed by atoms with Crippen molar-refractivity contribution in [2.75, 3.05) is 0 Å². The first-order chi connectivity index (χ1) is 8.27. The summed E-state index contributed by atoms with van der Waals surface area (Å²) in [5.74, 6) is 0. The Morgan fingerprint density at radius 2 is 2.00 bits per heavy atom. The Labute approximate surface area is 100 Å². The van der Waals surface area contributed by atoms with E-state index in [9.17, 15) is 4.79 Å². The topological polar surface area (TPSA) is 34.4 Å². The van der Waals surface area contributed by atoms with Crippen LogP contribution in [0.15, 0.2) is 23.0 Å². The third kappa shape index (κ3) is 1.66. The highest BCUT2D eigenvalue weighted by molar-refractivity contribution is 5.42. The van der Waals surface area contributed by atoms with Crippen molar-refractivity contribution in [3.63, 3.8) is 0 Å². The molecule has 2 aromatic rings. The zero-order valence-corrected chi connectivity index (χ0v) is 10.1. The molecule has 88 valence electrons. The molecule has 0 bridgehead atoms. The molecule has 0 amide bonds. The molecule has 3 heteroatoms. The number of aryl methyl sites for hydroxylation is 2. The van der Waals surface area contributed by atoms with Gasteiger partial charge in [0.15, 0.2) is 0 Å². The highest BCUT2D eigenvalue weighted by Gasteiger charge is 2.15. The average Bonchev–Trinajstić information content (AvgIpc) is 2.54. The fraction of sp³-hybridized carbons (Fsp3) is 0.429. The molecule has 0 radical (unpaired) electrons. The summed E-state index contributed by atoms with van der Waals surface area (Å²) in [5, 5.41) is 0. The first-order valence-corrected chi connectivity index (χ1v) is 6.27. The molecule has 0 unspecified atom stereocenters. The van der Waals surface area contributed by atoms with Gasteiger partial charge in [-0.3, -0.25) is 9.20 Å². The summed E-state index contributed by atoms with van der Waals surface area (Å²) in [5.41, 5.74) is 3.86. The van der Waals surface area contributed by atoms with E-state index in [-0.39, 0.29) is 5.56 Å². The van der Waals surface area contributed by atoms with E-state index >= 15 is 0 Å². The van der Waals surface area contributed by atoms with Gasteiger partial charge in [-0.05, 0) is 44.7 Å². The van der Waals surface area contributed by atoms with Crippen molar-refractivity contribution < 1.29 is 0 Å². The van der Waals surface area contributed by atoms with Crippen molar-refractivity contribution in [2.24, 2.45) is 0 Å². The molecule has 0 saturated carbocycles. The molecule has 0 atom stereocenters. The van der Waals surface area contributed by atoms with Gasteiger partial charge in [0, 0.05) is 11.3 Å². The Balaban J connectivity index is 2.38. The highest BCUT2D eigenvalue weighted by Crippen LogP contribution is 2.17. The second kappa shape index (κ2) is 3.99. The summed E-state index contributed by atoms with van der Waals surface area (Å²) in [4.78, 5) is 17.1. The van der Waals surface area contributed by atoms with E-state index in [2.05, 4.69) is 4.98 Å². The molecule has 2 heterocycles. The maximum atomic E-state index is 12.5. The van der Waals surface area contributed by atoms with E-state index in [0.29, 0.717) is 0 Å². The number of nitrogens with zero attached hydrogens (tertiary/aromatic N) is 2. The summed E-state index contributed by atoms with van der Waals surface area (Å²) in [6, 6.07) is 5.83. The zero-order chi connectivity index (χ0) is 11.8. The van der Waals surface area contributed by atoms with Gasteiger partial charge in [-0.1, -0.05) is 12.5 Å². The molecule has 3 nitrogen and oxygen atoms in total. The predicted octanol–water partition coefficient (Wildman–Crippen LogP) is 2.27. The summed E-state index contributed by atoms with van der Waals surface area (Å²) >= 11 is 0. The molecule has 0 spiro atoms. The number of pyridine rings is 1. The van der Waals surface area contributed by atoms with E-state index < -0.39 is 0 Å². The molecule has 0 N–H and O–H groups in total. The Bertz CT molecular complexity index is 628. The number of rotatable bonds is 0. The van der Waals surface area contributed by atoms with Gasteiger partial charge < -0.3 is 0 Å². The van der Waals surface area contributed by atoms with Gasteiger partial charge in [0.2, 0.25) is 0 Å². The smallest absolute Gasteiger partial charge is 0.261 e. The van der Waals surface area contributed by atoms with Crippen LogP contribution < -0.4 is 5.56 Å². The number of hydrogen-bond donors (Lipinski definition) is 0. The normalized spacial score (nSPS) is 15.6. The number of fused-ring (bicyclic) bond motifs is 2. The minimum Gasteiger partial charge on any atom is -0.269 e. The highest BCUT2D eigenvalue weighted by atomic mass is 16.1. The van der Waals surface area contributed by atoms with E-state index in [1.165, 1.54) is 6.42 Å². The van der Waals surface area contributed by atoms with E-state index in [1.807, 2.05) is 25.1 Å². The SMILES string of the molecule is Cc1cccc2nc3c(c(=O)n12)CCCCC3. The average molecular weight is 228 g/mol.